The molecule has 3 nitrogen and oxygen atoms in total. The first-order chi connectivity index (χ1) is 14.2. The number of rotatable bonds is 3. The molecule has 4 fully saturated rings. The van der Waals surface area contributed by atoms with E-state index in [2.05, 4.69) is 47.7 Å². The summed E-state index contributed by atoms with van der Waals surface area (Å²) >= 11 is 0. The first-order valence-corrected chi connectivity index (χ1v) is 16.0. The Hall–Kier alpha value is -0.193. The molecule has 4 heteroatoms. The normalized spacial score (nSPS) is 48.0. The predicted molar refractivity (Wildman–Crippen MR) is 129 cm³/mol. The third-order valence-corrected chi connectivity index (χ3v) is 15.9. The van der Waals surface area contributed by atoms with Crippen LogP contribution in [0.4, 0.5) is 0 Å². The Labute approximate surface area is 192 Å². The molecule has 4 aliphatic carbocycles. The number of aliphatic hydroxyl groups is 1. The lowest BCUT2D eigenvalue weighted by atomic mass is 9.44. The Morgan fingerprint density at radius 1 is 1.00 bits per heavy atom. The molecule has 0 radical (unpaired) electrons. The molecule has 0 aromatic rings. The minimum Gasteiger partial charge on any atom is -0.413 e. The van der Waals surface area contributed by atoms with Gasteiger partial charge in [-0.25, -0.2) is 0 Å². The van der Waals surface area contributed by atoms with E-state index in [4.69, 9.17) is 4.43 Å². The SMILES string of the molecule is CC(=O)C1CCC2C3CC[C@@H]4C[C@H](O)CC[C@]4(C)C3C[C@H](O[Si](C)(C)C(C)(C)C)[C@]12C. The second-order valence-electron chi connectivity index (χ2n) is 13.8. The Morgan fingerprint density at radius 2 is 1.68 bits per heavy atom. The molecule has 0 heterocycles. The van der Waals surface area contributed by atoms with E-state index in [0.29, 0.717) is 29.0 Å². The molecule has 0 aromatic heterocycles. The summed E-state index contributed by atoms with van der Waals surface area (Å²) in [6.45, 7) is 18.6. The van der Waals surface area contributed by atoms with Gasteiger partial charge in [0.2, 0.25) is 0 Å². The van der Waals surface area contributed by atoms with Crippen molar-refractivity contribution in [2.24, 2.45) is 40.4 Å². The fraction of sp³-hybridized carbons (Fsp3) is 0.963. The van der Waals surface area contributed by atoms with E-state index in [-0.39, 0.29) is 28.6 Å². The summed E-state index contributed by atoms with van der Waals surface area (Å²) in [5.74, 6) is 3.21. The summed E-state index contributed by atoms with van der Waals surface area (Å²) in [7, 11) is -1.95. The van der Waals surface area contributed by atoms with E-state index in [1.54, 1.807) is 0 Å². The maximum atomic E-state index is 12.8. The monoisotopic (exact) mass is 448 g/mol. The fourth-order valence-electron chi connectivity index (χ4n) is 8.54. The van der Waals surface area contributed by atoms with E-state index in [1.807, 2.05) is 6.92 Å². The lowest BCUT2D eigenvalue weighted by Gasteiger charge is -2.63. The number of Topliss-reactive ketones (excluding diaryl/α,β-unsaturated/α-hetero) is 1. The molecule has 4 rings (SSSR count). The second-order valence-corrected chi connectivity index (χ2v) is 18.6. The van der Waals surface area contributed by atoms with Gasteiger partial charge in [-0.1, -0.05) is 34.6 Å². The number of fused-ring (bicyclic) bond motifs is 5. The summed E-state index contributed by atoms with van der Waals surface area (Å²) in [4.78, 5) is 12.8. The van der Waals surface area contributed by atoms with Crippen LogP contribution in [-0.2, 0) is 9.22 Å². The number of carbonyl (C=O) groups is 1. The van der Waals surface area contributed by atoms with Crippen LogP contribution >= 0.6 is 0 Å². The third-order valence-electron chi connectivity index (χ3n) is 11.4. The Balaban J connectivity index is 1.73. The van der Waals surface area contributed by atoms with Crippen LogP contribution in [-0.4, -0.2) is 31.4 Å². The first-order valence-electron chi connectivity index (χ1n) is 13.1. The molecule has 4 saturated carbocycles. The van der Waals surface area contributed by atoms with Gasteiger partial charge < -0.3 is 9.53 Å². The van der Waals surface area contributed by atoms with Crippen molar-refractivity contribution in [3.8, 4) is 0 Å². The number of carbonyl (C=O) groups excluding carboxylic acids is 1. The molecule has 4 unspecified atom stereocenters. The van der Waals surface area contributed by atoms with E-state index < -0.39 is 8.32 Å². The minimum absolute atomic E-state index is 0.0140. The average molecular weight is 449 g/mol. The zero-order valence-electron chi connectivity index (χ0n) is 21.5. The third kappa shape index (κ3) is 3.62. The van der Waals surface area contributed by atoms with Crippen molar-refractivity contribution in [2.45, 2.75) is 123 Å². The van der Waals surface area contributed by atoms with Crippen LogP contribution in [0.15, 0.2) is 0 Å². The Bertz CT molecular complexity index is 712. The van der Waals surface area contributed by atoms with Crippen LogP contribution in [0.1, 0.15) is 92.9 Å². The molecular formula is C27H48O3Si. The highest BCUT2D eigenvalue weighted by Gasteiger charge is 2.65. The quantitative estimate of drug-likeness (QED) is 0.495. The average Bonchev–Trinajstić information content (AvgIpc) is 3.00. The van der Waals surface area contributed by atoms with Crippen LogP contribution in [0.3, 0.4) is 0 Å². The molecule has 1 N–H and O–H groups in total. The van der Waals surface area contributed by atoms with E-state index in [1.165, 1.54) is 19.3 Å². The van der Waals surface area contributed by atoms with Crippen LogP contribution in [0, 0.1) is 40.4 Å². The second kappa shape index (κ2) is 7.66. The number of hydrogen-bond acceptors (Lipinski definition) is 3. The van der Waals surface area contributed by atoms with Gasteiger partial charge in [0.1, 0.15) is 5.78 Å². The molecule has 0 aromatic carbocycles. The molecule has 0 bridgehead atoms. The molecule has 0 spiro atoms. The van der Waals surface area contributed by atoms with Crippen LogP contribution in [0.2, 0.25) is 18.1 Å². The van der Waals surface area contributed by atoms with Gasteiger partial charge in [-0.05, 0) is 106 Å². The van der Waals surface area contributed by atoms with Crippen LogP contribution in [0.25, 0.3) is 0 Å². The first kappa shape index (κ1) is 23.9. The van der Waals surface area contributed by atoms with Gasteiger partial charge >= 0.3 is 0 Å². The van der Waals surface area contributed by atoms with Gasteiger partial charge in [-0.15, -0.1) is 0 Å². The lowest BCUT2D eigenvalue weighted by Crippen LogP contribution is -2.61. The molecule has 0 aliphatic heterocycles. The maximum Gasteiger partial charge on any atom is 0.192 e. The van der Waals surface area contributed by atoms with Gasteiger partial charge in [0.05, 0.1) is 12.2 Å². The smallest absolute Gasteiger partial charge is 0.192 e. The fourth-order valence-corrected chi connectivity index (χ4v) is 9.96. The van der Waals surface area contributed by atoms with E-state index in [9.17, 15) is 9.90 Å². The molecule has 0 amide bonds. The van der Waals surface area contributed by atoms with Gasteiger partial charge in [0, 0.05) is 11.3 Å². The molecule has 178 valence electrons. The van der Waals surface area contributed by atoms with Crippen LogP contribution < -0.4 is 0 Å². The van der Waals surface area contributed by atoms with Gasteiger partial charge in [-0.2, -0.15) is 0 Å². The highest BCUT2D eigenvalue weighted by Crippen LogP contribution is 2.68. The number of ketones is 1. The van der Waals surface area contributed by atoms with E-state index in [0.717, 1.165) is 38.0 Å². The highest BCUT2D eigenvalue weighted by molar-refractivity contribution is 6.74. The van der Waals surface area contributed by atoms with Crippen molar-refractivity contribution in [2.75, 3.05) is 0 Å². The van der Waals surface area contributed by atoms with Crippen molar-refractivity contribution >= 4 is 14.1 Å². The minimum atomic E-state index is -1.95. The van der Waals surface area contributed by atoms with Gasteiger partial charge in [0.25, 0.3) is 0 Å². The zero-order chi connectivity index (χ0) is 23.0. The standard InChI is InChI=1S/C27H48O3Si/c1-17(28)21-11-12-22-20-10-9-18-15-19(29)13-14-26(18,5)23(20)16-24(27(21,22)6)30-31(7,8)25(2,3)4/h18-24,29H,9-16H2,1-8H3/t18-,19-,20?,21?,22?,23?,24+,26+,27-/m1/s1. The summed E-state index contributed by atoms with van der Waals surface area (Å²) in [6.07, 6.45) is 9.12. The van der Waals surface area contributed by atoms with Crippen molar-refractivity contribution in [1.29, 1.82) is 0 Å². The summed E-state index contributed by atoms with van der Waals surface area (Å²) in [5, 5.41) is 10.6. The van der Waals surface area contributed by atoms with Gasteiger partial charge in [0.15, 0.2) is 8.32 Å². The van der Waals surface area contributed by atoms with Crippen molar-refractivity contribution in [3.63, 3.8) is 0 Å². The largest absolute Gasteiger partial charge is 0.413 e. The molecule has 9 atom stereocenters. The predicted octanol–water partition coefficient (Wildman–Crippen LogP) is 6.60. The molecule has 0 saturated heterocycles. The number of hydrogen-bond donors (Lipinski definition) is 1. The van der Waals surface area contributed by atoms with Crippen molar-refractivity contribution < 1.29 is 14.3 Å². The molecular weight excluding hydrogens is 400 g/mol. The van der Waals surface area contributed by atoms with Gasteiger partial charge in [-0.3, -0.25) is 4.79 Å². The molecule has 31 heavy (non-hydrogen) atoms. The van der Waals surface area contributed by atoms with Crippen molar-refractivity contribution in [3.05, 3.63) is 0 Å². The Kier molecular flexibility index (Phi) is 5.92. The highest BCUT2D eigenvalue weighted by atomic mass is 28.4. The maximum absolute atomic E-state index is 12.8. The van der Waals surface area contributed by atoms with Crippen LogP contribution in [0.5, 0.6) is 0 Å². The van der Waals surface area contributed by atoms with E-state index >= 15 is 0 Å². The Morgan fingerprint density at radius 3 is 2.29 bits per heavy atom. The van der Waals surface area contributed by atoms with Crippen molar-refractivity contribution in [1.82, 2.24) is 0 Å². The summed E-state index contributed by atoms with van der Waals surface area (Å²) < 4.78 is 7.27. The summed E-state index contributed by atoms with van der Waals surface area (Å²) in [5.41, 5.74) is 0.312. The summed E-state index contributed by atoms with van der Waals surface area (Å²) in [6, 6.07) is 0. The topological polar surface area (TPSA) is 46.5 Å². The number of aliphatic hydroxyl groups excluding tert-OH is 1. The lowest BCUT2D eigenvalue weighted by molar-refractivity contribution is -0.170. The molecule has 4 aliphatic rings. The zero-order valence-corrected chi connectivity index (χ0v) is 22.5.